The van der Waals surface area contributed by atoms with Gasteiger partial charge in [0.2, 0.25) is 0 Å². The van der Waals surface area contributed by atoms with Gasteiger partial charge < -0.3 is 10.0 Å². The van der Waals surface area contributed by atoms with Gasteiger partial charge in [-0.05, 0) is 45.9 Å². The second-order valence-corrected chi connectivity index (χ2v) is 6.40. The number of halogens is 1. The molecule has 20 heavy (non-hydrogen) atoms. The zero-order valence-corrected chi connectivity index (χ0v) is 13.6. The van der Waals surface area contributed by atoms with Gasteiger partial charge in [0, 0.05) is 21.6 Å². The summed E-state index contributed by atoms with van der Waals surface area (Å²) in [6.07, 6.45) is 0.136. The lowest BCUT2D eigenvalue weighted by Gasteiger charge is -2.25. The number of hydrogen-bond donors (Lipinski definition) is 1. The quantitative estimate of drug-likeness (QED) is 0.841. The first-order valence-corrected chi connectivity index (χ1v) is 7.99. The molecule has 0 saturated heterocycles. The van der Waals surface area contributed by atoms with Gasteiger partial charge in [0.1, 0.15) is 0 Å². The summed E-state index contributed by atoms with van der Waals surface area (Å²) in [6.45, 7) is 3.27. The van der Waals surface area contributed by atoms with Crippen molar-refractivity contribution < 1.29 is 9.90 Å². The molecule has 0 spiro atoms. The van der Waals surface area contributed by atoms with Crippen molar-refractivity contribution in [2.45, 2.75) is 19.9 Å². The van der Waals surface area contributed by atoms with Crippen LogP contribution in [-0.4, -0.2) is 17.6 Å². The second kappa shape index (κ2) is 6.90. The van der Waals surface area contributed by atoms with Crippen LogP contribution in [0.5, 0.6) is 0 Å². The first-order valence-electron chi connectivity index (χ1n) is 6.32. The number of anilines is 1. The fourth-order valence-corrected chi connectivity index (χ4v) is 3.54. The van der Waals surface area contributed by atoms with Crippen molar-refractivity contribution in [1.82, 2.24) is 0 Å². The molecule has 0 aliphatic rings. The number of thiophene rings is 1. The number of aliphatic carboxylic acids is 1. The number of carboxylic acids is 1. The van der Waals surface area contributed by atoms with Crippen molar-refractivity contribution in [3.05, 3.63) is 50.6 Å². The summed E-state index contributed by atoms with van der Waals surface area (Å²) in [5, 5.41) is 11.0. The number of carboxylic acid groups (broad SMARTS) is 1. The molecule has 1 heterocycles. The Morgan fingerprint density at radius 2 is 2.10 bits per heavy atom. The molecule has 5 heteroatoms. The third kappa shape index (κ3) is 3.84. The van der Waals surface area contributed by atoms with Crippen LogP contribution in [0.25, 0.3) is 0 Å². The molecule has 0 atom stereocenters. The third-order valence-electron chi connectivity index (χ3n) is 3.08. The zero-order valence-electron chi connectivity index (χ0n) is 11.2. The van der Waals surface area contributed by atoms with Crippen LogP contribution in [0, 0.1) is 6.92 Å². The van der Waals surface area contributed by atoms with E-state index in [1.807, 2.05) is 42.6 Å². The van der Waals surface area contributed by atoms with E-state index in [1.54, 1.807) is 11.3 Å². The van der Waals surface area contributed by atoms with Crippen molar-refractivity contribution in [1.29, 1.82) is 0 Å². The molecule has 2 rings (SSSR count). The molecule has 2 aromatic rings. The largest absolute Gasteiger partial charge is 0.481 e. The summed E-state index contributed by atoms with van der Waals surface area (Å²) in [5.41, 5.74) is 2.25. The lowest BCUT2D eigenvalue weighted by molar-refractivity contribution is -0.136. The third-order valence-corrected chi connectivity index (χ3v) is 4.99. The molecule has 0 unspecified atom stereocenters. The fraction of sp³-hybridized carbons (Fsp3) is 0.267. The molecule has 1 aromatic heterocycles. The van der Waals surface area contributed by atoms with Gasteiger partial charge in [0.05, 0.1) is 13.0 Å². The van der Waals surface area contributed by atoms with E-state index in [2.05, 4.69) is 20.8 Å². The van der Waals surface area contributed by atoms with E-state index >= 15 is 0 Å². The van der Waals surface area contributed by atoms with Crippen LogP contribution >= 0.6 is 27.3 Å². The molecule has 0 amide bonds. The van der Waals surface area contributed by atoms with E-state index in [-0.39, 0.29) is 6.42 Å². The van der Waals surface area contributed by atoms with Gasteiger partial charge in [-0.25, -0.2) is 0 Å². The molecule has 0 aliphatic heterocycles. The maximum atomic E-state index is 10.9. The molecular weight excluding hydrogens is 338 g/mol. The highest BCUT2D eigenvalue weighted by atomic mass is 79.9. The van der Waals surface area contributed by atoms with Crippen molar-refractivity contribution in [2.75, 3.05) is 11.4 Å². The summed E-state index contributed by atoms with van der Waals surface area (Å²) in [6, 6.07) is 10.1. The maximum absolute atomic E-state index is 10.9. The highest BCUT2D eigenvalue weighted by molar-refractivity contribution is 9.10. The number of aryl methyl sites for hydroxylation is 1. The Bertz CT molecular complexity index is 597. The van der Waals surface area contributed by atoms with E-state index in [0.29, 0.717) is 6.54 Å². The second-order valence-electron chi connectivity index (χ2n) is 4.54. The first-order chi connectivity index (χ1) is 9.58. The Morgan fingerprint density at radius 3 is 2.70 bits per heavy atom. The standard InChI is InChI=1S/C15H16BrNO2S/c1-11-4-2-3-5-13(11)17(8-6-15(18)19)10-14-12(16)7-9-20-14/h2-5,7,9H,6,8,10H2,1H3,(H,18,19). The van der Waals surface area contributed by atoms with Gasteiger partial charge in [-0.2, -0.15) is 0 Å². The summed E-state index contributed by atoms with van der Waals surface area (Å²) >= 11 is 5.21. The maximum Gasteiger partial charge on any atom is 0.305 e. The SMILES string of the molecule is Cc1ccccc1N(CCC(=O)O)Cc1sccc1Br. The molecule has 106 valence electrons. The lowest BCUT2D eigenvalue weighted by atomic mass is 10.1. The van der Waals surface area contributed by atoms with Crippen LogP contribution in [0.2, 0.25) is 0 Å². The Balaban J connectivity index is 2.23. The van der Waals surface area contributed by atoms with Crippen molar-refractivity contribution >= 4 is 38.9 Å². The summed E-state index contributed by atoms with van der Waals surface area (Å²) < 4.78 is 1.08. The molecule has 0 aliphatic carbocycles. The summed E-state index contributed by atoms with van der Waals surface area (Å²) in [7, 11) is 0. The van der Waals surface area contributed by atoms with Gasteiger partial charge in [0.15, 0.2) is 0 Å². The van der Waals surface area contributed by atoms with Crippen molar-refractivity contribution in [2.24, 2.45) is 0 Å². The van der Waals surface area contributed by atoms with Crippen LogP contribution in [0.4, 0.5) is 5.69 Å². The number of carbonyl (C=O) groups is 1. The first kappa shape index (κ1) is 15.1. The molecule has 0 bridgehead atoms. The highest BCUT2D eigenvalue weighted by Crippen LogP contribution is 2.28. The topological polar surface area (TPSA) is 40.5 Å². The average Bonchev–Trinajstić information content (AvgIpc) is 2.81. The minimum absolute atomic E-state index is 0.136. The zero-order chi connectivity index (χ0) is 14.5. The van der Waals surface area contributed by atoms with Crippen LogP contribution in [0.1, 0.15) is 16.9 Å². The predicted molar refractivity (Wildman–Crippen MR) is 86.5 cm³/mol. The normalized spacial score (nSPS) is 10.5. The van der Waals surface area contributed by atoms with E-state index in [9.17, 15) is 4.79 Å². The van der Waals surface area contributed by atoms with Gasteiger partial charge >= 0.3 is 5.97 Å². The molecule has 0 radical (unpaired) electrons. The molecule has 0 saturated carbocycles. The average molecular weight is 354 g/mol. The Labute approximate surface area is 131 Å². The number of hydrogen-bond acceptors (Lipinski definition) is 3. The number of rotatable bonds is 6. The van der Waals surface area contributed by atoms with Crippen LogP contribution < -0.4 is 4.90 Å². The van der Waals surface area contributed by atoms with Gasteiger partial charge in [0.25, 0.3) is 0 Å². The molecule has 1 N–H and O–H groups in total. The molecule has 3 nitrogen and oxygen atoms in total. The molecular formula is C15H16BrNO2S. The number of nitrogens with zero attached hydrogens (tertiary/aromatic N) is 1. The van der Waals surface area contributed by atoms with Gasteiger partial charge in [-0.15, -0.1) is 11.3 Å². The smallest absolute Gasteiger partial charge is 0.305 e. The van der Waals surface area contributed by atoms with Gasteiger partial charge in [-0.3, -0.25) is 4.79 Å². The van der Waals surface area contributed by atoms with E-state index in [4.69, 9.17) is 5.11 Å². The van der Waals surface area contributed by atoms with Crippen LogP contribution in [0.15, 0.2) is 40.2 Å². The van der Waals surface area contributed by atoms with Crippen molar-refractivity contribution in [3.63, 3.8) is 0 Å². The minimum atomic E-state index is -0.770. The Kier molecular flexibility index (Phi) is 5.20. The Morgan fingerprint density at radius 1 is 1.35 bits per heavy atom. The van der Waals surface area contributed by atoms with Gasteiger partial charge in [-0.1, -0.05) is 18.2 Å². The minimum Gasteiger partial charge on any atom is -0.481 e. The van der Waals surface area contributed by atoms with E-state index in [1.165, 1.54) is 4.88 Å². The van der Waals surface area contributed by atoms with E-state index < -0.39 is 5.97 Å². The molecule has 0 fully saturated rings. The van der Waals surface area contributed by atoms with Crippen LogP contribution in [-0.2, 0) is 11.3 Å². The lowest BCUT2D eigenvalue weighted by Crippen LogP contribution is -2.26. The van der Waals surface area contributed by atoms with Crippen molar-refractivity contribution in [3.8, 4) is 0 Å². The predicted octanol–water partition coefficient (Wildman–Crippen LogP) is 4.30. The highest BCUT2D eigenvalue weighted by Gasteiger charge is 2.13. The van der Waals surface area contributed by atoms with Crippen LogP contribution in [0.3, 0.4) is 0 Å². The fourth-order valence-electron chi connectivity index (χ4n) is 2.04. The molecule has 1 aromatic carbocycles. The number of benzene rings is 1. The summed E-state index contributed by atoms with van der Waals surface area (Å²) in [5.74, 6) is -0.770. The monoisotopic (exact) mass is 353 g/mol. The van der Waals surface area contributed by atoms with E-state index in [0.717, 1.165) is 22.3 Å². The summed E-state index contributed by atoms with van der Waals surface area (Å²) in [4.78, 5) is 14.2. The Hall–Kier alpha value is -1.33. The number of para-hydroxylation sites is 1.